The SMILES string of the molecule is O=C(O)CC(c1ccc(CC(F)(F)F)cc1)C1CC1. The minimum atomic E-state index is -4.21. The Morgan fingerprint density at radius 3 is 2.26 bits per heavy atom. The van der Waals surface area contributed by atoms with Gasteiger partial charge in [0.25, 0.3) is 0 Å². The third-order valence-electron chi connectivity index (χ3n) is 3.40. The van der Waals surface area contributed by atoms with Gasteiger partial charge in [0, 0.05) is 0 Å². The first-order chi connectivity index (χ1) is 8.85. The second kappa shape index (κ2) is 5.23. The number of hydrogen-bond acceptors (Lipinski definition) is 1. The lowest BCUT2D eigenvalue weighted by Crippen LogP contribution is -2.12. The Bertz CT molecular complexity index is 447. The largest absolute Gasteiger partial charge is 0.481 e. The van der Waals surface area contributed by atoms with Crippen LogP contribution in [0.3, 0.4) is 0 Å². The van der Waals surface area contributed by atoms with Crippen molar-refractivity contribution in [2.75, 3.05) is 0 Å². The molecule has 0 spiro atoms. The van der Waals surface area contributed by atoms with Gasteiger partial charge in [0.15, 0.2) is 0 Å². The average molecular weight is 272 g/mol. The standard InChI is InChI=1S/C14H15F3O2/c15-14(16,17)8-9-1-3-10(4-2-9)12(7-13(18)19)11-5-6-11/h1-4,11-12H,5-8H2,(H,18,19). The topological polar surface area (TPSA) is 37.3 Å². The van der Waals surface area contributed by atoms with Crippen molar-refractivity contribution < 1.29 is 23.1 Å². The Balaban J connectivity index is 2.09. The first kappa shape index (κ1) is 13.9. The van der Waals surface area contributed by atoms with Crippen LogP contribution in [0.2, 0.25) is 0 Å². The van der Waals surface area contributed by atoms with Crippen molar-refractivity contribution in [2.24, 2.45) is 5.92 Å². The van der Waals surface area contributed by atoms with Crippen LogP contribution < -0.4 is 0 Å². The number of carbonyl (C=O) groups is 1. The number of aliphatic carboxylic acids is 1. The van der Waals surface area contributed by atoms with Gasteiger partial charge in [0.2, 0.25) is 0 Å². The Labute approximate surface area is 109 Å². The van der Waals surface area contributed by atoms with Gasteiger partial charge < -0.3 is 5.11 Å². The van der Waals surface area contributed by atoms with Gasteiger partial charge in [-0.1, -0.05) is 24.3 Å². The number of halogens is 3. The predicted octanol–water partition coefficient (Wildman–Crippen LogP) is 3.76. The quantitative estimate of drug-likeness (QED) is 0.886. The molecule has 1 saturated carbocycles. The molecule has 0 radical (unpaired) electrons. The molecule has 104 valence electrons. The van der Waals surface area contributed by atoms with Crippen molar-refractivity contribution in [3.05, 3.63) is 35.4 Å². The number of hydrogen-bond donors (Lipinski definition) is 1. The van der Waals surface area contributed by atoms with Crippen molar-refractivity contribution in [1.82, 2.24) is 0 Å². The molecular weight excluding hydrogens is 257 g/mol. The molecule has 1 fully saturated rings. The fraction of sp³-hybridized carbons (Fsp3) is 0.500. The Morgan fingerprint density at radius 1 is 1.26 bits per heavy atom. The second-order valence-electron chi connectivity index (χ2n) is 5.08. The number of carboxylic acids is 1. The highest BCUT2D eigenvalue weighted by Gasteiger charge is 2.34. The highest BCUT2D eigenvalue weighted by atomic mass is 19.4. The summed E-state index contributed by atoms with van der Waals surface area (Å²) >= 11 is 0. The lowest BCUT2D eigenvalue weighted by atomic mass is 9.90. The molecule has 1 aliphatic rings. The smallest absolute Gasteiger partial charge is 0.393 e. The lowest BCUT2D eigenvalue weighted by Gasteiger charge is -2.15. The normalized spacial score (nSPS) is 17.2. The first-order valence-electron chi connectivity index (χ1n) is 6.22. The van der Waals surface area contributed by atoms with Crippen molar-refractivity contribution in [3.8, 4) is 0 Å². The molecule has 2 nitrogen and oxygen atoms in total. The average Bonchev–Trinajstić information content (AvgIpc) is 3.08. The molecule has 1 unspecified atom stereocenters. The van der Waals surface area contributed by atoms with Crippen LogP contribution in [-0.4, -0.2) is 17.3 Å². The van der Waals surface area contributed by atoms with Gasteiger partial charge in [-0.3, -0.25) is 4.79 Å². The zero-order chi connectivity index (χ0) is 14.0. The van der Waals surface area contributed by atoms with Crippen LogP contribution in [0.5, 0.6) is 0 Å². The molecule has 1 aromatic rings. The Kier molecular flexibility index (Phi) is 3.83. The van der Waals surface area contributed by atoms with Crippen molar-refractivity contribution in [1.29, 1.82) is 0 Å². The molecule has 0 aromatic heterocycles. The van der Waals surface area contributed by atoms with Crippen LogP contribution in [0.25, 0.3) is 0 Å². The number of carboxylic acid groups (broad SMARTS) is 1. The third kappa shape index (κ3) is 4.26. The van der Waals surface area contributed by atoms with Crippen LogP contribution in [0, 0.1) is 5.92 Å². The van der Waals surface area contributed by atoms with E-state index >= 15 is 0 Å². The lowest BCUT2D eigenvalue weighted by molar-refractivity contribution is -0.137. The first-order valence-corrected chi connectivity index (χ1v) is 6.22. The Hall–Kier alpha value is -1.52. The van der Waals surface area contributed by atoms with E-state index in [2.05, 4.69) is 0 Å². The molecule has 0 amide bonds. The van der Waals surface area contributed by atoms with Crippen molar-refractivity contribution in [3.63, 3.8) is 0 Å². The zero-order valence-electron chi connectivity index (χ0n) is 10.3. The molecule has 0 saturated heterocycles. The zero-order valence-corrected chi connectivity index (χ0v) is 10.3. The minimum Gasteiger partial charge on any atom is -0.481 e. The van der Waals surface area contributed by atoms with Crippen LogP contribution in [0.15, 0.2) is 24.3 Å². The van der Waals surface area contributed by atoms with Gasteiger partial charge in [-0.15, -0.1) is 0 Å². The summed E-state index contributed by atoms with van der Waals surface area (Å²) in [4.78, 5) is 10.8. The van der Waals surface area contributed by atoms with Gasteiger partial charge in [-0.05, 0) is 35.8 Å². The van der Waals surface area contributed by atoms with E-state index in [0.717, 1.165) is 18.4 Å². The molecule has 0 heterocycles. The third-order valence-corrected chi connectivity index (χ3v) is 3.40. The van der Waals surface area contributed by atoms with E-state index in [-0.39, 0.29) is 17.9 Å². The van der Waals surface area contributed by atoms with Gasteiger partial charge in [0.05, 0.1) is 12.8 Å². The number of alkyl halides is 3. The minimum absolute atomic E-state index is 0.0449. The van der Waals surface area contributed by atoms with Gasteiger partial charge in [-0.25, -0.2) is 0 Å². The van der Waals surface area contributed by atoms with E-state index in [9.17, 15) is 18.0 Å². The summed E-state index contributed by atoms with van der Waals surface area (Å²) in [6.45, 7) is 0. The monoisotopic (exact) mass is 272 g/mol. The predicted molar refractivity (Wildman–Crippen MR) is 63.9 cm³/mol. The maximum Gasteiger partial charge on any atom is 0.393 e. The summed E-state index contributed by atoms with van der Waals surface area (Å²) in [5.74, 6) is -0.571. The van der Waals surface area contributed by atoms with E-state index in [4.69, 9.17) is 5.11 Å². The highest BCUT2D eigenvalue weighted by molar-refractivity contribution is 5.68. The van der Waals surface area contributed by atoms with Crippen LogP contribution in [0.1, 0.15) is 36.3 Å². The summed E-state index contributed by atoms with van der Waals surface area (Å²) in [5, 5.41) is 8.88. The van der Waals surface area contributed by atoms with E-state index in [1.165, 1.54) is 12.1 Å². The molecule has 1 aromatic carbocycles. The molecule has 1 aliphatic carbocycles. The molecular formula is C14H15F3O2. The maximum absolute atomic E-state index is 12.2. The molecule has 1 atom stereocenters. The fourth-order valence-corrected chi connectivity index (χ4v) is 2.36. The molecule has 1 N–H and O–H groups in total. The summed E-state index contributed by atoms with van der Waals surface area (Å²) in [6, 6.07) is 6.15. The van der Waals surface area contributed by atoms with Gasteiger partial charge in [0.1, 0.15) is 0 Å². The number of benzene rings is 1. The Morgan fingerprint density at radius 2 is 1.84 bits per heavy atom. The van der Waals surface area contributed by atoms with Crippen LogP contribution in [0.4, 0.5) is 13.2 Å². The second-order valence-corrected chi connectivity index (χ2v) is 5.08. The summed E-state index contributed by atoms with van der Waals surface area (Å²) in [5.41, 5.74) is 1.04. The molecule has 2 rings (SSSR count). The van der Waals surface area contributed by atoms with Crippen molar-refractivity contribution >= 4 is 5.97 Å². The number of rotatable bonds is 5. The molecule has 19 heavy (non-hydrogen) atoms. The molecule has 0 aliphatic heterocycles. The van der Waals surface area contributed by atoms with Crippen molar-refractivity contribution in [2.45, 2.75) is 37.8 Å². The van der Waals surface area contributed by atoms with E-state index in [1.807, 2.05) is 0 Å². The van der Waals surface area contributed by atoms with E-state index < -0.39 is 18.6 Å². The van der Waals surface area contributed by atoms with E-state index in [0.29, 0.717) is 5.92 Å². The molecule has 0 bridgehead atoms. The maximum atomic E-state index is 12.2. The highest BCUT2D eigenvalue weighted by Crippen LogP contribution is 2.44. The summed E-state index contributed by atoms with van der Waals surface area (Å²) < 4.78 is 36.7. The van der Waals surface area contributed by atoms with E-state index in [1.54, 1.807) is 12.1 Å². The van der Waals surface area contributed by atoms with Crippen LogP contribution in [-0.2, 0) is 11.2 Å². The van der Waals surface area contributed by atoms with Crippen LogP contribution >= 0.6 is 0 Å². The van der Waals surface area contributed by atoms with Gasteiger partial charge in [-0.2, -0.15) is 13.2 Å². The summed E-state index contributed by atoms with van der Waals surface area (Å²) in [6.07, 6.45) is -3.10. The summed E-state index contributed by atoms with van der Waals surface area (Å²) in [7, 11) is 0. The van der Waals surface area contributed by atoms with Gasteiger partial charge >= 0.3 is 12.1 Å². The molecule has 5 heteroatoms. The fourth-order valence-electron chi connectivity index (χ4n) is 2.36.